The molecule has 0 aliphatic carbocycles. The highest BCUT2D eigenvalue weighted by Crippen LogP contribution is 2.24. The summed E-state index contributed by atoms with van der Waals surface area (Å²) in [6.45, 7) is 2.01. The Morgan fingerprint density at radius 2 is 2.14 bits per heavy atom. The van der Waals surface area contributed by atoms with Gasteiger partial charge in [0.2, 0.25) is 0 Å². The number of carbonyl (C=O) groups excluding carboxylic acids is 1. The maximum atomic E-state index is 11.2. The van der Waals surface area contributed by atoms with Gasteiger partial charge in [0.25, 0.3) is 0 Å². The molecule has 1 aromatic rings. The Balaban J connectivity index is 2.52. The van der Waals surface area contributed by atoms with Crippen molar-refractivity contribution in [3.63, 3.8) is 0 Å². The number of carbonyl (C=O) groups is 1. The van der Waals surface area contributed by atoms with Crippen LogP contribution in [0.5, 0.6) is 11.5 Å². The minimum Gasteiger partial charge on any atom is -0.504 e. The van der Waals surface area contributed by atoms with Crippen molar-refractivity contribution in [1.82, 2.24) is 0 Å². The van der Waals surface area contributed by atoms with Crippen LogP contribution in [0.4, 0.5) is 0 Å². The number of benzene rings is 1. The van der Waals surface area contributed by atoms with Gasteiger partial charge >= 0.3 is 5.97 Å². The van der Waals surface area contributed by atoms with E-state index in [1.165, 1.54) is 6.07 Å². The van der Waals surface area contributed by atoms with E-state index >= 15 is 0 Å². The van der Waals surface area contributed by atoms with Gasteiger partial charge in [0, 0.05) is 6.42 Å². The summed E-state index contributed by atoms with van der Waals surface area (Å²) in [7, 11) is 0. The van der Waals surface area contributed by atoms with E-state index in [0.29, 0.717) is 6.42 Å². The van der Waals surface area contributed by atoms with Crippen molar-refractivity contribution in [2.75, 3.05) is 0 Å². The van der Waals surface area contributed by atoms with Gasteiger partial charge in [-0.25, -0.2) is 0 Å². The minimum atomic E-state index is -0.298. The first kappa shape index (κ1) is 10.6. The molecule has 0 amide bonds. The average molecular weight is 194 g/mol. The first-order chi connectivity index (χ1) is 6.74. The van der Waals surface area contributed by atoms with E-state index in [2.05, 4.69) is 0 Å². The molecule has 14 heavy (non-hydrogen) atoms. The molecular formula is C11H14O3. The molecule has 0 aromatic heterocycles. The normalized spacial score (nSPS) is 9.79. The lowest BCUT2D eigenvalue weighted by atomic mass is 10.2. The Morgan fingerprint density at radius 1 is 1.43 bits per heavy atom. The van der Waals surface area contributed by atoms with E-state index in [9.17, 15) is 9.90 Å². The van der Waals surface area contributed by atoms with Gasteiger partial charge in [-0.3, -0.25) is 4.79 Å². The molecule has 1 N–H and O–H groups in total. The average Bonchev–Trinajstić information content (AvgIpc) is 2.18. The van der Waals surface area contributed by atoms with Crippen molar-refractivity contribution in [1.29, 1.82) is 0 Å². The SMILES string of the molecule is CCCCC(=O)Oc1ccccc1O. The van der Waals surface area contributed by atoms with Gasteiger partial charge in [-0.1, -0.05) is 25.5 Å². The number of phenols is 1. The number of rotatable bonds is 4. The zero-order valence-electron chi connectivity index (χ0n) is 8.19. The third kappa shape index (κ3) is 3.09. The molecule has 0 heterocycles. The molecule has 0 aliphatic rings. The summed E-state index contributed by atoms with van der Waals surface area (Å²) in [6, 6.07) is 6.45. The second-order valence-electron chi connectivity index (χ2n) is 3.05. The molecule has 1 aromatic carbocycles. The van der Waals surface area contributed by atoms with Gasteiger partial charge in [0.15, 0.2) is 11.5 Å². The summed E-state index contributed by atoms with van der Waals surface area (Å²) in [5, 5.41) is 9.31. The second kappa shape index (κ2) is 5.27. The molecule has 0 aliphatic heterocycles. The van der Waals surface area contributed by atoms with Gasteiger partial charge in [-0.05, 0) is 18.6 Å². The molecule has 3 heteroatoms. The Morgan fingerprint density at radius 3 is 2.79 bits per heavy atom. The number of ether oxygens (including phenoxy) is 1. The number of esters is 1. The van der Waals surface area contributed by atoms with Crippen molar-refractivity contribution in [3.05, 3.63) is 24.3 Å². The lowest BCUT2D eigenvalue weighted by Gasteiger charge is -2.04. The molecule has 0 radical (unpaired) electrons. The summed E-state index contributed by atoms with van der Waals surface area (Å²) in [4.78, 5) is 11.2. The van der Waals surface area contributed by atoms with E-state index in [1.54, 1.807) is 18.2 Å². The van der Waals surface area contributed by atoms with Crippen LogP contribution >= 0.6 is 0 Å². The first-order valence-corrected chi connectivity index (χ1v) is 4.72. The monoisotopic (exact) mass is 194 g/mol. The second-order valence-corrected chi connectivity index (χ2v) is 3.05. The fourth-order valence-corrected chi connectivity index (χ4v) is 1.04. The molecular weight excluding hydrogens is 180 g/mol. The predicted octanol–water partition coefficient (Wildman–Crippen LogP) is 2.49. The topological polar surface area (TPSA) is 46.5 Å². The Labute approximate surface area is 83.3 Å². The van der Waals surface area contributed by atoms with E-state index in [0.717, 1.165) is 12.8 Å². The van der Waals surface area contributed by atoms with Crippen LogP contribution in [0.1, 0.15) is 26.2 Å². The third-order valence-corrected chi connectivity index (χ3v) is 1.82. The number of unbranched alkanes of at least 4 members (excludes halogenated alkanes) is 1. The number of phenolic OH excluding ortho intramolecular Hbond substituents is 1. The lowest BCUT2D eigenvalue weighted by Crippen LogP contribution is -2.07. The van der Waals surface area contributed by atoms with Crippen molar-refractivity contribution in [2.24, 2.45) is 0 Å². The first-order valence-electron chi connectivity index (χ1n) is 4.72. The molecule has 0 bridgehead atoms. The highest BCUT2D eigenvalue weighted by molar-refractivity contribution is 5.73. The maximum Gasteiger partial charge on any atom is 0.311 e. The van der Waals surface area contributed by atoms with E-state index in [-0.39, 0.29) is 17.5 Å². The summed E-state index contributed by atoms with van der Waals surface area (Å²) in [5.74, 6) is -0.0701. The van der Waals surface area contributed by atoms with Crippen LogP contribution in [0.25, 0.3) is 0 Å². The van der Waals surface area contributed by atoms with Crippen molar-refractivity contribution >= 4 is 5.97 Å². The predicted molar refractivity (Wildman–Crippen MR) is 53.3 cm³/mol. The van der Waals surface area contributed by atoms with Gasteiger partial charge in [0.1, 0.15) is 0 Å². The molecule has 0 unspecified atom stereocenters. The number of hydrogen-bond acceptors (Lipinski definition) is 3. The smallest absolute Gasteiger partial charge is 0.311 e. The van der Waals surface area contributed by atoms with Gasteiger partial charge in [-0.15, -0.1) is 0 Å². The number of para-hydroxylation sites is 2. The van der Waals surface area contributed by atoms with Crippen molar-refractivity contribution in [3.8, 4) is 11.5 Å². The lowest BCUT2D eigenvalue weighted by molar-refractivity contribution is -0.134. The molecule has 0 saturated carbocycles. The van der Waals surface area contributed by atoms with E-state index in [1.807, 2.05) is 6.92 Å². The standard InChI is InChI=1S/C11H14O3/c1-2-3-8-11(13)14-10-7-5-4-6-9(10)12/h4-7,12H,2-3,8H2,1H3. The number of aromatic hydroxyl groups is 1. The highest BCUT2D eigenvalue weighted by Gasteiger charge is 2.06. The fraction of sp³-hybridized carbons (Fsp3) is 0.364. The summed E-state index contributed by atoms with van der Waals surface area (Å²) in [6.07, 6.45) is 2.16. The van der Waals surface area contributed by atoms with E-state index < -0.39 is 0 Å². The number of hydrogen-bond donors (Lipinski definition) is 1. The fourth-order valence-electron chi connectivity index (χ4n) is 1.04. The van der Waals surface area contributed by atoms with Gasteiger partial charge in [0.05, 0.1) is 0 Å². The third-order valence-electron chi connectivity index (χ3n) is 1.82. The Hall–Kier alpha value is -1.51. The zero-order chi connectivity index (χ0) is 10.4. The molecule has 0 fully saturated rings. The molecule has 1 rings (SSSR count). The summed E-state index contributed by atoms with van der Waals surface area (Å²) < 4.78 is 4.96. The maximum absolute atomic E-state index is 11.2. The van der Waals surface area contributed by atoms with Crippen LogP contribution in [0.15, 0.2) is 24.3 Å². The Bertz CT molecular complexity index is 307. The quantitative estimate of drug-likeness (QED) is 0.591. The van der Waals surface area contributed by atoms with Crippen molar-refractivity contribution in [2.45, 2.75) is 26.2 Å². The van der Waals surface area contributed by atoms with Crippen LogP contribution in [0.3, 0.4) is 0 Å². The Kier molecular flexibility index (Phi) is 3.98. The van der Waals surface area contributed by atoms with E-state index in [4.69, 9.17) is 4.74 Å². The van der Waals surface area contributed by atoms with Crippen LogP contribution < -0.4 is 4.74 Å². The van der Waals surface area contributed by atoms with Gasteiger partial charge in [-0.2, -0.15) is 0 Å². The summed E-state index contributed by atoms with van der Waals surface area (Å²) in [5.41, 5.74) is 0. The summed E-state index contributed by atoms with van der Waals surface area (Å²) >= 11 is 0. The molecule has 0 saturated heterocycles. The van der Waals surface area contributed by atoms with Crippen LogP contribution in [0, 0.1) is 0 Å². The molecule has 3 nitrogen and oxygen atoms in total. The molecule has 0 spiro atoms. The largest absolute Gasteiger partial charge is 0.504 e. The van der Waals surface area contributed by atoms with Gasteiger partial charge < -0.3 is 9.84 Å². The zero-order valence-corrected chi connectivity index (χ0v) is 8.19. The van der Waals surface area contributed by atoms with Crippen LogP contribution in [-0.4, -0.2) is 11.1 Å². The van der Waals surface area contributed by atoms with Crippen molar-refractivity contribution < 1.29 is 14.6 Å². The van der Waals surface area contributed by atoms with Crippen LogP contribution in [0.2, 0.25) is 0 Å². The minimum absolute atomic E-state index is 0.00246. The van der Waals surface area contributed by atoms with Crippen LogP contribution in [-0.2, 0) is 4.79 Å². The molecule has 76 valence electrons. The molecule has 0 atom stereocenters. The highest BCUT2D eigenvalue weighted by atomic mass is 16.5.